The normalized spacial score (nSPS) is 20.0. The van der Waals surface area contributed by atoms with Crippen LogP contribution in [-0.4, -0.2) is 18.6 Å². The smallest absolute Gasteiger partial charge is 0.0282 e. The quantitative estimate of drug-likeness (QED) is 0.634. The van der Waals surface area contributed by atoms with Crippen LogP contribution in [0, 0.1) is 5.92 Å². The Morgan fingerprint density at radius 2 is 1.92 bits per heavy atom. The molecule has 0 aromatic carbocycles. The van der Waals surface area contributed by atoms with Gasteiger partial charge in [0.2, 0.25) is 0 Å². The van der Waals surface area contributed by atoms with Crippen LogP contribution >= 0.6 is 0 Å². The maximum absolute atomic E-state index is 5.95. The second kappa shape index (κ2) is 4.24. The van der Waals surface area contributed by atoms with E-state index in [2.05, 4.69) is 19.2 Å². The lowest BCUT2D eigenvalue weighted by Crippen LogP contribution is -2.37. The van der Waals surface area contributed by atoms with E-state index < -0.39 is 0 Å². The van der Waals surface area contributed by atoms with E-state index in [1.807, 2.05) is 0 Å². The summed E-state index contributed by atoms with van der Waals surface area (Å²) in [5.41, 5.74) is 6.13. The molecule has 12 heavy (non-hydrogen) atoms. The van der Waals surface area contributed by atoms with Crippen LogP contribution in [0.2, 0.25) is 0 Å². The van der Waals surface area contributed by atoms with Crippen LogP contribution in [0.15, 0.2) is 0 Å². The second-order valence-electron chi connectivity index (χ2n) is 4.18. The summed E-state index contributed by atoms with van der Waals surface area (Å²) in [4.78, 5) is 0. The van der Waals surface area contributed by atoms with E-state index in [1.54, 1.807) is 0 Å². The lowest BCUT2D eigenvalue weighted by Gasteiger charge is -2.15. The van der Waals surface area contributed by atoms with E-state index in [4.69, 9.17) is 5.73 Å². The van der Waals surface area contributed by atoms with Gasteiger partial charge in [0.1, 0.15) is 0 Å². The van der Waals surface area contributed by atoms with E-state index in [0.29, 0.717) is 0 Å². The largest absolute Gasteiger partial charge is 0.324 e. The number of hydrogen-bond donors (Lipinski definition) is 2. The Kier molecular flexibility index (Phi) is 3.53. The van der Waals surface area contributed by atoms with Gasteiger partial charge in [-0.05, 0) is 25.3 Å². The summed E-state index contributed by atoms with van der Waals surface area (Å²) in [5, 5.41) is 3.46. The zero-order valence-corrected chi connectivity index (χ0v) is 8.40. The van der Waals surface area contributed by atoms with Crippen LogP contribution < -0.4 is 11.1 Å². The van der Waals surface area contributed by atoms with Gasteiger partial charge in [-0.15, -0.1) is 0 Å². The number of nitrogens with one attached hydrogen (secondary N) is 1. The van der Waals surface area contributed by atoms with Crippen LogP contribution in [0.3, 0.4) is 0 Å². The minimum atomic E-state index is 0.173. The van der Waals surface area contributed by atoms with Gasteiger partial charge in [-0.1, -0.05) is 26.7 Å². The Morgan fingerprint density at radius 3 is 2.33 bits per heavy atom. The van der Waals surface area contributed by atoms with E-state index >= 15 is 0 Å². The summed E-state index contributed by atoms with van der Waals surface area (Å²) >= 11 is 0. The molecule has 0 aromatic rings. The van der Waals surface area contributed by atoms with Gasteiger partial charge in [0.15, 0.2) is 0 Å². The lowest BCUT2D eigenvalue weighted by atomic mass is 10.0. The van der Waals surface area contributed by atoms with E-state index in [-0.39, 0.29) is 5.54 Å². The van der Waals surface area contributed by atoms with Crippen LogP contribution in [0.5, 0.6) is 0 Å². The molecule has 0 saturated heterocycles. The van der Waals surface area contributed by atoms with Gasteiger partial charge < -0.3 is 11.1 Å². The van der Waals surface area contributed by atoms with Crippen LogP contribution in [0.25, 0.3) is 0 Å². The molecule has 0 aliphatic heterocycles. The van der Waals surface area contributed by atoms with Gasteiger partial charge in [0.25, 0.3) is 0 Å². The topological polar surface area (TPSA) is 38.0 Å². The fraction of sp³-hybridized carbons (Fsp3) is 1.00. The molecule has 1 rings (SSSR count). The van der Waals surface area contributed by atoms with Gasteiger partial charge >= 0.3 is 0 Å². The van der Waals surface area contributed by atoms with Gasteiger partial charge in [0.05, 0.1) is 0 Å². The van der Waals surface area contributed by atoms with Crippen molar-refractivity contribution in [2.45, 2.75) is 45.1 Å². The molecule has 1 fully saturated rings. The van der Waals surface area contributed by atoms with Gasteiger partial charge in [-0.25, -0.2) is 0 Å². The van der Waals surface area contributed by atoms with Crippen molar-refractivity contribution in [1.29, 1.82) is 0 Å². The van der Waals surface area contributed by atoms with Gasteiger partial charge in [-0.2, -0.15) is 0 Å². The Hall–Kier alpha value is -0.0800. The molecule has 72 valence electrons. The molecule has 0 unspecified atom stereocenters. The summed E-state index contributed by atoms with van der Waals surface area (Å²) in [5.74, 6) is 0.840. The molecular formula is C10H22N2. The fourth-order valence-electron chi connectivity index (χ4n) is 1.44. The molecule has 1 aliphatic carbocycles. The highest BCUT2D eigenvalue weighted by Crippen LogP contribution is 2.30. The Balaban J connectivity index is 2.00. The first-order valence-electron chi connectivity index (χ1n) is 5.20. The summed E-state index contributed by atoms with van der Waals surface area (Å²) in [6.07, 6.45) is 4.98. The molecule has 1 saturated carbocycles. The van der Waals surface area contributed by atoms with Gasteiger partial charge in [-0.3, -0.25) is 0 Å². The second-order valence-corrected chi connectivity index (χ2v) is 4.18. The summed E-state index contributed by atoms with van der Waals surface area (Å²) in [6.45, 7) is 6.67. The van der Waals surface area contributed by atoms with Crippen molar-refractivity contribution >= 4 is 0 Å². The van der Waals surface area contributed by atoms with E-state index in [9.17, 15) is 0 Å². The molecule has 0 spiro atoms. The fourth-order valence-corrected chi connectivity index (χ4v) is 1.44. The zero-order chi connectivity index (χ0) is 9.03. The standard InChI is InChI=1S/C10H22N2/c1-3-9(4-2)7-12-8-10(11)5-6-10/h9,12H,3-8,11H2,1-2H3. The van der Waals surface area contributed by atoms with Crippen molar-refractivity contribution in [2.24, 2.45) is 11.7 Å². The minimum absolute atomic E-state index is 0.173. The molecule has 0 atom stereocenters. The van der Waals surface area contributed by atoms with Gasteiger partial charge in [0, 0.05) is 12.1 Å². The molecule has 0 heterocycles. The maximum atomic E-state index is 5.95. The van der Waals surface area contributed by atoms with Crippen molar-refractivity contribution in [1.82, 2.24) is 5.32 Å². The first-order valence-corrected chi connectivity index (χ1v) is 5.20. The average molecular weight is 170 g/mol. The molecule has 0 bridgehead atoms. The van der Waals surface area contributed by atoms with E-state index in [1.165, 1.54) is 25.7 Å². The SMILES string of the molecule is CCC(CC)CNCC1(N)CC1. The van der Waals surface area contributed by atoms with Crippen LogP contribution in [-0.2, 0) is 0 Å². The molecule has 2 heteroatoms. The third kappa shape index (κ3) is 3.11. The predicted molar refractivity (Wildman–Crippen MR) is 53.1 cm³/mol. The van der Waals surface area contributed by atoms with Crippen molar-refractivity contribution in [3.05, 3.63) is 0 Å². The maximum Gasteiger partial charge on any atom is 0.0282 e. The minimum Gasteiger partial charge on any atom is -0.324 e. The highest BCUT2D eigenvalue weighted by atomic mass is 15.0. The molecular weight excluding hydrogens is 148 g/mol. The van der Waals surface area contributed by atoms with E-state index in [0.717, 1.165) is 19.0 Å². The zero-order valence-electron chi connectivity index (χ0n) is 8.40. The Labute approximate surface area is 75.9 Å². The van der Waals surface area contributed by atoms with Crippen molar-refractivity contribution < 1.29 is 0 Å². The lowest BCUT2D eigenvalue weighted by molar-refractivity contribution is 0.434. The van der Waals surface area contributed by atoms with Crippen molar-refractivity contribution in [2.75, 3.05) is 13.1 Å². The predicted octanol–water partition coefficient (Wildman–Crippen LogP) is 1.50. The number of hydrogen-bond acceptors (Lipinski definition) is 2. The summed E-state index contributed by atoms with van der Waals surface area (Å²) < 4.78 is 0. The van der Waals surface area contributed by atoms with Crippen LogP contribution in [0.1, 0.15) is 39.5 Å². The molecule has 0 radical (unpaired) electrons. The molecule has 1 aliphatic rings. The highest BCUT2D eigenvalue weighted by Gasteiger charge is 2.37. The Morgan fingerprint density at radius 1 is 1.33 bits per heavy atom. The van der Waals surface area contributed by atoms with Crippen LogP contribution in [0.4, 0.5) is 0 Å². The number of rotatable bonds is 6. The number of nitrogens with two attached hydrogens (primary N) is 1. The Bertz CT molecular complexity index is 126. The first kappa shape index (κ1) is 10.0. The summed E-state index contributed by atoms with van der Waals surface area (Å²) in [6, 6.07) is 0. The van der Waals surface area contributed by atoms with Crippen molar-refractivity contribution in [3.8, 4) is 0 Å². The summed E-state index contributed by atoms with van der Waals surface area (Å²) in [7, 11) is 0. The van der Waals surface area contributed by atoms with Crippen molar-refractivity contribution in [3.63, 3.8) is 0 Å². The monoisotopic (exact) mass is 170 g/mol. The third-order valence-electron chi connectivity index (χ3n) is 2.96. The molecule has 3 N–H and O–H groups in total. The molecule has 0 amide bonds. The average Bonchev–Trinajstić information content (AvgIpc) is 2.78. The third-order valence-corrected chi connectivity index (χ3v) is 2.96. The molecule has 2 nitrogen and oxygen atoms in total. The highest BCUT2D eigenvalue weighted by molar-refractivity contribution is 5.00. The first-order chi connectivity index (χ1) is 5.70. The molecule has 0 aromatic heterocycles.